The molecule has 2 amide bonds. The van der Waals surface area contributed by atoms with Crippen molar-refractivity contribution >= 4 is 11.7 Å². The number of aryl methyl sites for hydroxylation is 1. The molecule has 0 aliphatic carbocycles. The van der Waals surface area contributed by atoms with Gasteiger partial charge in [0.2, 0.25) is 0 Å². The van der Waals surface area contributed by atoms with Crippen LogP contribution in [0.4, 0.5) is 14.9 Å². The lowest BCUT2D eigenvalue weighted by Gasteiger charge is -2.23. The van der Waals surface area contributed by atoms with E-state index < -0.39 is 0 Å². The van der Waals surface area contributed by atoms with Gasteiger partial charge in [0.05, 0.1) is 18.3 Å². The van der Waals surface area contributed by atoms with E-state index in [1.807, 2.05) is 42.2 Å². The maximum absolute atomic E-state index is 13.6. The van der Waals surface area contributed by atoms with E-state index in [4.69, 9.17) is 0 Å². The lowest BCUT2D eigenvalue weighted by atomic mass is 9.92. The molecule has 2 bridgehead atoms. The van der Waals surface area contributed by atoms with Crippen LogP contribution in [0.15, 0.2) is 60.9 Å². The Kier molecular flexibility index (Phi) is 3.90. The number of hydrogen-bond donors (Lipinski definition) is 1. The molecule has 2 aromatic carbocycles. The molecule has 0 saturated carbocycles. The lowest BCUT2D eigenvalue weighted by Crippen LogP contribution is -2.32. The summed E-state index contributed by atoms with van der Waals surface area (Å²) in [7, 11) is 0. The Labute approximate surface area is 163 Å². The van der Waals surface area contributed by atoms with Crippen LogP contribution in [0.2, 0.25) is 0 Å². The minimum atomic E-state index is -0.377. The molecule has 3 aromatic rings. The summed E-state index contributed by atoms with van der Waals surface area (Å²) in [5.74, 6) is -0.377. The number of halogens is 1. The number of nitrogens with one attached hydrogen (secondary N) is 1. The lowest BCUT2D eigenvalue weighted by molar-refractivity contribution is 0.197. The third-order valence-corrected chi connectivity index (χ3v) is 5.84. The highest BCUT2D eigenvalue weighted by Crippen LogP contribution is 2.53. The average Bonchev–Trinajstić information content (AvgIpc) is 3.27. The summed E-state index contributed by atoms with van der Waals surface area (Å²) >= 11 is 0. The van der Waals surface area contributed by atoms with Gasteiger partial charge in [-0.3, -0.25) is 4.98 Å². The van der Waals surface area contributed by atoms with Crippen molar-refractivity contribution in [1.29, 1.82) is 0 Å². The van der Waals surface area contributed by atoms with Crippen molar-refractivity contribution in [2.45, 2.75) is 31.8 Å². The number of hydrogen-bond acceptors (Lipinski definition) is 2. The van der Waals surface area contributed by atoms with Crippen LogP contribution in [0.1, 0.15) is 41.6 Å². The summed E-state index contributed by atoms with van der Waals surface area (Å²) in [5.41, 5.74) is 5.79. The number of anilines is 1. The molecule has 2 aliphatic heterocycles. The van der Waals surface area contributed by atoms with Gasteiger partial charge in [-0.25, -0.2) is 9.18 Å². The summed E-state index contributed by atoms with van der Waals surface area (Å²) in [6.07, 6.45) is 4.83. The number of urea groups is 1. The maximum Gasteiger partial charge on any atom is 0.322 e. The number of fused-ring (bicyclic) bond motifs is 5. The van der Waals surface area contributed by atoms with Crippen molar-refractivity contribution < 1.29 is 9.18 Å². The molecular formula is C23H20FN3O. The summed E-state index contributed by atoms with van der Waals surface area (Å²) in [6, 6.07) is 15.7. The summed E-state index contributed by atoms with van der Waals surface area (Å²) in [5, 5.41) is 3.04. The molecule has 1 aromatic heterocycles. The monoisotopic (exact) mass is 373 g/mol. The summed E-state index contributed by atoms with van der Waals surface area (Å²) in [4.78, 5) is 19.0. The van der Waals surface area contributed by atoms with E-state index in [1.165, 1.54) is 23.4 Å². The number of pyridine rings is 1. The fourth-order valence-corrected chi connectivity index (χ4v) is 4.58. The molecule has 1 fully saturated rings. The van der Waals surface area contributed by atoms with Crippen LogP contribution in [0, 0.1) is 12.7 Å². The molecule has 3 heterocycles. The van der Waals surface area contributed by atoms with Gasteiger partial charge in [-0.05, 0) is 60.2 Å². The topological polar surface area (TPSA) is 45.2 Å². The van der Waals surface area contributed by atoms with Gasteiger partial charge < -0.3 is 10.2 Å². The zero-order valence-electron chi connectivity index (χ0n) is 15.5. The standard InChI is InChI=1S/C23H20FN3O/c1-14-6-7-17(11-20(14)15-10-16(24)13-25-12-15)26-23(28)27-21-8-9-22(27)19-5-3-2-4-18(19)21/h2-7,10-13,21-22H,8-9H2,1H3,(H,26,28). The minimum absolute atomic E-state index is 0.0872. The molecule has 0 radical (unpaired) electrons. The van der Waals surface area contributed by atoms with E-state index >= 15 is 0 Å². The molecule has 1 N–H and O–H groups in total. The molecule has 0 spiro atoms. The van der Waals surface area contributed by atoms with Crippen LogP contribution in [0.25, 0.3) is 11.1 Å². The predicted octanol–water partition coefficient (Wildman–Crippen LogP) is 5.62. The number of benzene rings is 2. The van der Waals surface area contributed by atoms with Crippen molar-refractivity contribution in [3.8, 4) is 11.1 Å². The molecule has 5 rings (SSSR count). The number of amides is 2. The highest BCUT2D eigenvalue weighted by atomic mass is 19.1. The Morgan fingerprint density at radius 3 is 2.46 bits per heavy atom. The Bertz CT molecular complexity index is 1050. The van der Waals surface area contributed by atoms with Crippen LogP contribution in [0.5, 0.6) is 0 Å². The average molecular weight is 373 g/mol. The zero-order valence-corrected chi connectivity index (χ0v) is 15.5. The molecular weight excluding hydrogens is 353 g/mol. The molecule has 2 atom stereocenters. The summed E-state index contributed by atoms with van der Waals surface area (Å²) in [6.45, 7) is 1.96. The Hall–Kier alpha value is -3.21. The Morgan fingerprint density at radius 1 is 1.07 bits per heavy atom. The largest absolute Gasteiger partial charge is 0.322 e. The number of rotatable bonds is 2. The minimum Gasteiger partial charge on any atom is -0.310 e. The Balaban J connectivity index is 1.42. The van der Waals surface area contributed by atoms with Crippen molar-refractivity contribution in [2.24, 2.45) is 0 Å². The van der Waals surface area contributed by atoms with Crippen LogP contribution in [-0.4, -0.2) is 15.9 Å². The van der Waals surface area contributed by atoms with Gasteiger partial charge in [-0.1, -0.05) is 30.3 Å². The van der Waals surface area contributed by atoms with Crippen LogP contribution in [0.3, 0.4) is 0 Å². The van der Waals surface area contributed by atoms with Crippen molar-refractivity contribution in [3.63, 3.8) is 0 Å². The predicted molar refractivity (Wildman–Crippen MR) is 106 cm³/mol. The van der Waals surface area contributed by atoms with Gasteiger partial charge in [0.25, 0.3) is 0 Å². The fourth-order valence-electron chi connectivity index (χ4n) is 4.58. The fraction of sp³-hybridized carbons (Fsp3) is 0.217. The first-order valence-electron chi connectivity index (χ1n) is 9.51. The van der Waals surface area contributed by atoms with Crippen LogP contribution >= 0.6 is 0 Å². The second kappa shape index (κ2) is 6.44. The number of aromatic nitrogens is 1. The van der Waals surface area contributed by atoms with Gasteiger partial charge in [-0.15, -0.1) is 0 Å². The van der Waals surface area contributed by atoms with Gasteiger partial charge in [-0.2, -0.15) is 0 Å². The molecule has 28 heavy (non-hydrogen) atoms. The van der Waals surface area contributed by atoms with Gasteiger partial charge in [0.1, 0.15) is 5.82 Å². The number of carbonyl (C=O) groups is 1. The van der Waals surface area contributed by atoms with E-state index in [1.54, 1.807) is 6.20 Å². The molecule has 140 valence electrons. The third kappa shape index (κ3) is 2.66. The van der Waals surface area contributed by atoms with E-state index in [9.17, 15) is 9.18 Å². The molecule has 2 aliphatic rings. The van der Waals surface area contributed by atoms with Gasteiger partial charge in [0, 0.05) is 17.4 Å². The van der Waals surface area contributed by atoms with E-state index in [0.717, 1.165) is 24.0 Å². The van der Waals surface area contributed by atoms with Crippen molar-refractivity contribution in [1.82, 2.24) is 9.88 Å². The molecule has 5 heteroatoms. The zero-order chi connectivity index (χ0) is 19.3. The highest BCUT2D eigenvalue weighted by molar-refractivity contribution is 5.92. The smallest absolute Gasteiger partial charge is 0.310 e. The van der Waals surface area contributed by atoms with Gasteiger partial charge in [0.15, 0.2) is 0 Å². The maximum atomic E-state index is 13.6. The first-order valence-corrected chi connectivity index (χ1v) is 9.51. The van der Waals surface area contributed by atoms with Crippen LogP contribution < -0.4 is 5.32 Å². The van der Waals surface area contributed by atoms with E-state index in [-0.39, 0.29) is 23.9 Å². The number of nitrogens with zero attached hydrogens (tertiary/aromatic N) is 2. The van der Waals surface area contributed by atoms with E-state index in [0.29, 0.717) is 11.3 Å². The van der Waals surface area contributed by atoms with Crippen LogP contribution in [-0.2, 0) is 0 Å². The third-order valence-electron chi connectivity index (χ3n) is 5.84. The van der Waals surface area contributed by atoms with Gasteiger partial charge >= 0.3 is 6.03 Å². The first kappa shape index (κ1) is 16.9. The Morgan fingerprint density at radius 2 is 1.79 bits per heavy atom. The van der Waals surface area contributed by atoms with Crippen molar-refractivity contribution in [2.75, 3.05) is 5.32 Å². The second-order valence-corrected chi connectivity index (χ2v) is 7.50. The number of carbonyl (C=O) groups excluding carboxylic acids is 1. The van der Waals surface area contributed by atoms with E-state index in [2.05, 4.69) is 22.4 Å². The second-order valence-electron chi connectivity index (χ2n) is 7.50. The molecule has 1 saturated heterocycles. The SMILES string of the molecule is Cc1ccc(NC(=O)N2C3CCC2c2ccccc23)cc1-c1cncc(F)c1. The quantitative estimate of drug-likeness (QED) is 0.634. The normalized spacial score (nSPS) is 19.6. The summed E-state index contributed by atoms with van der Waals surface area (Å²) < 4.78 is 13.6. The molecule has 2 unspecified atom stereocenters. The highest BCUT2D eigenvalue weighted by Gasteiger charge is 2.46. The van der Waals surface area contributed by atoms with Crippen molar-refractivity contribution in [3.05, 3.63) is 83.4 Å². The first-order chi connectivity index (χ1) is 13.6. The molecule has 4 nitrogen and oxygen atoms in total.